The van der Waals surface area contributed by atoms with Crippen LogP contribution in [-0.2, 0) is 16.1 Å². The number of rotatable bonds is 6. The summed E-state index contributed by atoms with van der Waals surface area (Å²) in [6.07, 6.45) is 0. The molecular weight excluding hydrogens is 244 g/mol. The maximum atomic E-state index is 11.9. The van der Waals surface area contributed by atoms with Gasteiger partial charge in [0.2, 0.25) is 0 Å². The van der Waals surface area contributed by atoms with E-state index >= 15 is 0 Å². The molecule has 1 aromatic rings. The van der Waals surface area contributed by atoms with E-state index in [1.54, 1.807) is 19.4 Å². The lowest BCUT2D eigenvalue weighted by Crippen LogP contribution is -2.35. The summed E-state index contributed by atoms with van der Waals surface area (Å²) < 4.78 is 4.90. The van der Waals surface area contributed by atoms with Crippen LogP contribution in [0.25, 0.3) is 0 Å². The maximum Gasteiger partial charge on any atom is 0.323 e. The predicted molar refractivity (Wildman–Crippen MR) is 62.0 cm³/mol. The van der Waals surface area contributed by atoms with E-state index in [0.717, 1.165) is 0 Å². The number of amides is 1. The smallest absolute Gasteiger partial charge is 0.323 e. The Kier molecular flexibility index (Phi) is 5.05. The van der Waals surface area contributed by atoms with Gasteiger partial charge in [-0.15, -0.1) is 11.3 Å². The van der Waals surface area contributed by atoms with Crippen molar-refractivity contribution >= 4 is 23.2 Å². The first-order valence-electron chi connectivity index (χ1n) is 5.02. The zero-order chi connectivity index (χ0) is 12.8. The summed E-state index contributed by atoms with van der Waals surface area (Å²) in [5.41, 5.74) is 0.269. The lowest BCUT2D eigenvalue weighted by atomic mass is 10.4. The molecule has 0 aromatic carbocycles. The number of carbonyl (C=O) groups is 2. The Balaban J connectivity index is 2.75. The third kappa shape index (κ3) is 3.79. The Morgan fingerprint density at radius 1 is 1.59 bits per heavy atom. The summed E-state index contributed by atoms with van der Waals surface area (Å²) in [6.45, 7) is 2.10. The quantitative estimate of drug-likeness (QED) is 0.817. The molecule has 94 valence electrons. The number of ether oxygens (including phenoxy) is 1. The van der Waals surface area contributed by atoms with E-state index in [0.29, 0.717) is 18.2 Å². The number of carboxylic acid groups (broad SMARTS) is 1. The van der Waals surface area contributed by atoms with Crippen molar-refractivity contribution in [3.05, 3.63) is 16.1 Å². The first-order valence-corrected chi connectivity index (χ1v) is 5.90. The number of aromatic nitrogens is 1. The summed E-state index contributed by atoms with van der Waals surface area (Å²) in [5, 5.41) is 11.0. The Labute approximate surface area is 103 Å². The van der Waals surface area contributed by atoms with Crippen LogP contribution >= 0.6 is 11.3 Å². The topological polar surface area (TPSA) is 79.7 Å². The molecule has 0 aliphatic rings. The van der Waals surface area contributed by atoms with E-state index in [1.165, 1.54) is 16.2 Å². The molecule has 0 radical (unpaired) electrons. The average molecular weight is 258 g/mol. The summed E-state index contributed by atoms with van der Waals surface area (Å²) >= 11 is 1.32. The minimum absolute atomic E-state index is 0.269. The SMILES string of the molecule is CCN(CC(=O)O)C(=O)c1csc(COC)n1. The van der Waals surface area contributed by atoms with Gasteiger partial charge in [0.25, 0.3) is 5.91 Å². The largest absolute Gasteiger partial charge is 0.480 e. The van der Waals surface area contributed by atoms with Gasteiger partial charge < -0.3 is 14.7 Å². The van der Waals surface area contributed by atoms with E-state index in [4.69, 9.17) is 9.84 Å². The zero-order valence-corrected chi connectivity index (χ0v) is 10.5. The molecule has 1 aromatic heterocycles. The van der Waals surface area contributed by atoms with Gasteiger partial charge in [-0.05, 0) is 6.92 Å². The molecule has 0 atom stereocenters. The van der Waals surface area contributed by atoms with Gasteiger partial charge in [0, 0.05) is 19.0 Å². The second kappa shape index (κ2) is 6.31. The van der Waals surface area contributed by atoms with Crippen molar-refractivity contribution in [1.29, 1.82) is 0 Å². The second-order valence-electron chi connectivity index (χ2n) is 3.27. The molecule has 0 saturated carbocycles. The molecule has 0 unspecified atom stereocenters. The maximum absolute atomic E-state index is 11.9. The van der Waals surface area contributed by atoms with Gasteiger partial charge >= 0.3 is 5.97 Å². The lowest BCUT2D eigenvalue weighted by molar-refractivity contribution is -0.137. The van der Waals surface area contributed by atoms with Crippen molar-refractivity contribution in [2.75, 3.05) is 20.2 Å². The van der Waals surface area contributed by atoms with Gasteiger partial charge in [0.05, 0.1) is 6.61 Å². The van der Waals surface area contributed by atoms with E-state index < -0.39 is 5.97 Å². The zero-order valence-electron chi connectivity index (χ0n) is 9.67. The van der Waals surface area contributed by atoms with Gasteiger partial charge in [-0.2, -0.15) is 0 Å². The minimum atomic E-state index is -1.03. The van der Waals surface area contributed by atoms with Gasteiger partial charge in [-0.25, -0.2) is 4.98 Å². The van der Waals surface area contributed by atoms with E-state index in [1.807, 2.05) is 0 Å². The van der Waals surface area contributed by atoms with Crippen LogP contribution in [0, 0.1) is 0 Å². The number of carbonyl (C=O) groups excluding carboxylic acids is 1. The van der Waals surface area contributed by atoms with E-state index in [-0.39, 0.29) is 18.1 Å². The van der Waals surface area contributed by atoms with Crippen molar-refractivity contribution in [2.24, 2.45) is 0 Å². The normalized spacial score (nSPS) is 10.2. The number of likely N-dealkylation sites (N-methyl/N-ethyl adjacent to an activating group) is 1. The summed E-state index contributed by atoms with van der Waals surface area (Å²) in [5.74, 6) is -1.40. The van der Waals surface area contributed by atoms with E-state index in [9.17, 15) is 9.59 Å². The fourth-order valence-corrected chi connectivity index (χ4v) is 1.99. The Morgan fingerprint density at radius 2 is 2.29 bits per heavy atom. The summed E-state index contributed by atoms with van der Waals surface area (Å²) in [4.78, 5) is 27.8. The molecular formula is C10H14N2O4S. The standard InChI is InChI=1S/C10H14N2O4S/c1-3-12(4-9(13)14)10(15)7-6-17-8(11-7)5-16-2/h6H,3-5H2,1-2H3,(H,13,14). The molecule has 0 aliphatic carbocycles. The van der Waals surface area contributed by atoms with E-state index in [2.05, 4.69) is 4.98 Å². The molecule has 1 heterocycles. The number of aliphatic carboxylic acids is 1. The number of nitrogens with zero attached hydrogens (tertiary/aromatic N) is 2. The Bertz CT molecular complexity index is 405. The highest BCUT2D eigenvalue weighted by Gasteiger charge is 2.19. The van der Waals surface area contributed by atoms with Crippen molar-refractivity contribution in [2.45, 2.75) is 13.5 Å². The number of hydrogen-bond donors (Lipinski definition) is 1. The number of methoxy groups -OCH3 is 1. The monoisotopic (exact) mass is 258 g/mol. The van der Waals surface area contributed by atoms with Crippen LogP contribution in [0.5, 0.6) is 0 Å². The van der Waals surface area contributed by atoms with Gasteiger partial charge in [0.1, 0.15) is 17.2 Å². The van der Waals surface area contributed by atoms with Crippen LogP contribution in [0.1, 0.15) is 22.4 Å². The minimum Gasteiger partial charge on any atom is -0.480 e. The molecule has 1 rings (SSSR count). The van der Waals surface area contributed by atoms with Gasteiger partial charge in [-0.3, -0.25) is 9.59 Å². The van der Waals surface area contributed by atoms with Crippen LogP contribution < -0.4 is 0 Å². The molecule has 0 saturated heterocycles. The van der Waals surface area contributed by atoms with Crippen molar-refractivity contribution in [1.82, 2.24) is 9.88 Å². The van der Waals surface area contributed by atoms with Crippen LogP contribution in [0.2, 0.25) is 0 Å². The molecule has 0 bridgehead atoms. The highest BCUT2D eigenvalue weighted by Crippen LogP contribution is 2.12. The Hall–Kier alpha value is -1.47. The number of hydrogen-bond acceptors (Lipinski definition) is 5. The average Bonchev–Trinajstić information content (AvgIpc) is 2.74. The molecule has 7 heteroatoms. The van der Waals surface area contributed by atoms with Gasteiger partial charge in [-0.1, -0.05) is 0 Å². The number of thiazole rings is 1. The molecule has 1 N–H and O–H groups in total. The van der Waals surface area contributed by atoms with Crippen LogP contribution in [0.15, 0.2) is 5.38 Å². The third-order valence-corrected chi connectivity index (χ3v) is 2.86. The Morgan fingerprint density at radius 3 is 2.82 bits per heavy atom. The van der Waals surface area contributed by atoms with Crippen molar-refractivity contribution < 1.29 is 19.4 Å². The third-order valence-electron chi connectivity index (χ3n) is 2.03. The molecule has 1 amide bonds. The molecule has 6 nitrogen and oxygen atoms in total. The molecule has 0 aliphatic heterocycles. The summed E-state index contributed by atoms with van der Waals surface area (Å²) in [6, 6.07) is 0. The van der Waals surface area contributed by atoms with Crippen LogP contribution in [-0.4, -0.2) is 47.1 Å². The van der Waals surface area contributed by atoms with Gasteiger partial charge in [0.15, 0.2) is 0 Å². The molecule has 0 spiro atoms. The second-order valence-corrected chi connectivity index (χ2v) is 4.22. The summed E-state index contributed by atoms with van der Waals surface area (Å²) in [7, 11) is 1.55. The fraction of sp³-hybridized carbons (Fsp3) is 0.500. The van der Waals surface area contributed by atoms with Crippen molar-refractivity contribution in [3.8, 4) is 0 Å². The predicted octanol–water partition coefficient (Wildman–Crippen LogP) is 0.836. The fourth-order valence-electron chi connectivity index (χ4n) is 1.25. The number of carboxylic acids is 1. The highest BCUT2D eigenvalue weighted by atomic mass is 32.1. The lowest BCUT2D eigenvalue weighted by Gasteiger charge is -2.16. The highest BCUT2D eigenvalue weighted by molar-refractivity contribution is 7.09. The first kappa shape index (κ1) is 13.6. The first-order chi connectivity index (χ1) is 8.08. The van der Waals surface area contributed by atoms with Crippen LogP contribution in [0.3, 0.4) is 0 Å². The van der Waals surface area contributed by atoms with Crippen LogP contribution in [0.4, 0.5) is 0 Å². The molecule has 0 fully saturated rings. The van der Waals surface area contributed by atoms with Crippen molar-refractivity contribution in [3.63, 3.8) is 0 Å². The molecule has 17 heavy (non-hydrogen) atoms.